The zero-order valence-corrected chi connectivity index (χ0v) is 16.9. The Hall–Kier alpha value is -2.07. The molecule has 0 aliphatic carbocycles. The number of halogens is 1. The molecule has 0 unspecified atom stereocenters. The van der Waals surface area contributed by atoms with Crippen LogP contribution in [0.3, 0.4) is 0 Å². The smallest absolute Gasteiger partial charge is 0.205 e. The highest BCUT2D eigenvalue weighted by molar-refractivity contribution is 7.98. The van der Waals surface area contributed by atoms with E-state index in [0.717, 1.165) is 42.4 Å². The van der Waals surface area contributed by atoms with Crippen molar-refractivity contribution in [1.29, 1.82) is 5.26 Å². The van der Waals surface area contributed by atoms with Crippen molar-refractivity contribution in [3.05, 3.63) is 63.9 Å². The fourth-order valence-corrected chi connectivity index (χ4v) is 5.11. The van der Waals surface area contributed by atoms with Gasteiger partial charge in [-0.15, -0.1) is 11.8 Å². The summed E-state index contributed by atoms with van der Waals surface area (Å²) in [6.45, 7) is 1.53. The van der Waals surface area contributed by atoms with Gasteiger partial charge in [-0.3, -0.25) is 4.98 Å². The van der Waals surface area contributed by atoms with Crippen molar-refractivity contribution in [2.24, 2.45) is 4.99 Å². The fourth-order valence-electron chi connectivity index (χ4n) is 3.57. The van der Waals surface area contributed by atoms with Gasteiger partial charge in [-0.1, -0.05) is 29.3 Å². The van der Waals surface area contributed by atoms with E-state index in [9.17, 15) is 0 Å². The summed E-state index contributed by atoms with van der Waals surface area (Å²) >= 11 is 13.3. The minimum absolute atomic E-state index is 0.378. The number of pyridine rings is 1. The molecule has 4 rings (SSSR count). The molecule has 7 heteroatoms. The highest BCUT2D eigenvalue weighted by Gasteiger charge is 2.25. The van der Waals surface area contributed by atoms with E-state index in [1.165, 1.54) is 27.2 Å². The van der Waals surface area contributed by atoms with E-state index in [1.54, 1.807) is 18.0 Å². The fraction of sp³-hybridized carbons (Fsp3) is 0.250. The molecule has 2 aromatic rings. The van der Waals surface area contributed by atoms with Crippen LogP contribution in [0.1, 0.15) is 29.7 Å². The Bertz CT molecular complexity index is 984. The summed E-state index contributed by atoms with van der Waals surface area (Å²) in [5.74, 6) is 0.880. The number of fused-ring (bicyclic) bond motifs is 2. The molecule has 0 spiro atoms. The van der Waals surface area contributed by atoms with Crippen molar-refractivity contribution in [3.8, 4) is 6.19 Å². The number of rotatable bonds is 0. The van der Waals surface area contributed by atoms with Crippen LogP contribution >= 0.6 is 23.4 Å². The molecule has 1 saturated heterocycles. The molecule has 0 amide bonds. The molecule has 4 nitrogen and oxygen atoms in total. The van der Waals surface area contributed by atoms with Gasteiger partial charge in [0.25, 0.3) is 0 Å². The molecule has 1 aromatic heterocycles. The first-order chi connectivity index (χ1) is 13.2. The predicted molar refractivity (Wildman–Crippen MR) is 112 cm³/mol. The lowest BCUT2D eigenvalue weighted by Crippen LogP contribution is -2.35. The van der Waals surface area contributed by atoms with Gasteiger partial charge in [0.05, 0.1) is 5.69 Å². The normalized spacial score (nSPS) is 17.0. The van der Waals surface area contributed by atoms with Crippen LogP contribution in [0.5, 0.6) is 0 Å². The van der Waals surface area contributed by atoms with E-state index in [-0.39, 0.29) is 0 Å². The predicted octanol–water partition coefficient (Wildman–Crippen LogP) is 4.62. The van der Waals surface area contributed by atoms with Gasteiger partial charge in [0.15, 0.2) is 0 Å². The number of aromatic nitrogens is 1. The van der Waals surface area contributed by atoms with Crippen molar-refractivity contribution in [3.63, 3.8) is 0 Å². The summed E-state index contributed by atoms with van der Waals surface area (Å²) in [5.41, 5.74) is 6.12. The molecule has 0 bridgehead atoms. The van der Waals surface area contributed by atoms with Gasteiger partial charge < -0.3 is 17.5 Å². The number of nitriles is 1. The lowest BCUT2D eigenvalue weighted by Gasteiger charge is -2.35. The average molecular weight is 412 g/mol. The standard InChI is InChI=1S/C20H17ClN4S2/c21-15-3-4-16-17(10-15)27-11-14-2-1-7-23-19(14)18(16)13-5-8-25(9-6-13)20(26)24-12-22/h1-4,7,10H,5-6,8-9,11H2,(H,24,26)/p-1. The molecule has 0 saturated carbocycles. The van der Waals surface area contributed by atoms with Crippen molar-refractivity contribution in [1.82, 2.24) is 9.88 Å². The molecule has 1 aromatic carbocycles. The summed E-state index contributed by atoms with van der Waals surface area (Å²) in [7, 11) is 0. The summed E-state index contributed by atoms with van der Waals surface area (Å²) in [6, 6.07) is 10.3. The maximum Gasteiger partial charge on any atom is 0.205 e. The first-order valence-corrected chi connectivity index (χ1v) is 10.4. The highest BCUT2D eigenvalue weighted by atomic mass is 35.5. The van der Waals surface area contributed by atoms with Crippen LogP contribution in [0.4, 0.5) is 0 Å². The molecule has 0 atom stereocenters. The van der Waals surface area contributed by atoms with Gasteiger partial charge in [-0.25, -0.2) is 0 Å². The molecule has 3 heterocycles. The largest absolute Gasteiger partial charge is 0.742 e. The Balaban J connectivity index is 1.79. The maximum atomic E-state index is 8.73. The molecular formula is C20H16ClN4S2-. The monoisotopic (exact) mass is 411 g/mol. The molecule has 136 valence electrons. The first-order valence-electron chi connectivity index (χ1n) is 8.65. The average Bonchev–Trinajstić information content (AvgIpc) is 2.85. The minimum atomic E-state index is 0.378. The first kappa shape index (κ1) is 18.3. The Morgan fingerprint density at radius 3 is 2.89 bits per heavy atom. The van der Waals surface area contributed by atoms with Gasteiger partial charge in [-0.05, 0) is 47.3 Å². The van der Waals surface area contributed by atoms with E-state index >= 15 is 0 Å². The van der Waals surface area contributed by atoms with Crippen LogP contribution in [0.25, 0.3) is 5.57 Å². The maximum absolute atomic E-state index is 8.73. The Labute approximate surface area is 173 Å². The van der Waals surface area contributed by atoms with Crippen molar-refractivity contribution in [2.75, 3.05) is 13.1 Å². The quantitative estimate of drug-likeness (QED) is 0.274. The van der Waals surface area contributed by atoms with E-state index in [4.69, 9.17) is 34.5 Å². The van der Waals surface area contributed by atoms with Gasteiger partial charge in [-0.2, -0.15) is 10.3 Å². The molecule has 1 fully saturated rings. The molecule has 0 N–H and O–H groups in total. The second kappa shape index (κ2) is 7.89. The highest BCUT2D eigenvalue weighted by Crippen LogP contribution is 2.43. The Morgan fingerprint density at radius 2 is 2.11 bits per heavy atom. The number of amidine groups is 1. The van der Waals surface area contributed by atoms with E-state index in [0.29, 0.717) is 5.17 Å². The van der Waals surface area contributed by atoms with Crippen molar-refractivity contribution < 1.29 is 0 Å². The molecular weight excluding hydrogens is 396 g/mol. The van der Waals surface area contributed by atoms with E-state index < -0.39 is 0 Å². The number of benzene rings is 1. The summed E-state index contributed by atoms with van der Waals surface area (Å²) in [6.07, 6.45) is 5.39. The van der Waals surface area contributed by atoms with Crippen LogP contribution in [-0.4, -0.2) is 28.1 Å². The van der Waals surface area contributed by atoms with Crippen LogP contribution < -0.4 is 0 Å². The third-order valence-electron chi connectivity index (χ3n) is 4.86. The zero-order valence-electron chi connectivity index (χ0n) is 14.5. The summed E-state index contributed by atoms with van der Waals surface area (Å²) in [5, 5.41) is 9.86. The van der Waals surface area contributed by atoms with Gasteiger partial charge in [0.2, 0.25) is 6.19 Å². The van der Waals surface area contributed by atoms with Crippen LogP contribution in [0.15, 0.2) is 52.0 Å². The van der Waals surface area contributed by atoms with Gasteiger partial charge in [0, 0.05) is 40.5 Å². The van der Waals surface area contributed by atoms with Crippen LogP contribution in [-0.2, 0) is 18.4 Å². The van der Waals surface area contributed by atoms with E-state index in [2.05, 4.69) is 17.1 Å². The zero-order chi connectivity index (χ0) is 18.8. The molecule has 27 heavy (non-hydrogen) atoms. The number of hydrogen-bond donors (Lipinski definition) is 0. The van der Waals surface area contributed by atoms with Crippen LogP contribution in [0, 0.1) is 11.5 Å². The third kappa shape index (κ3) is 3.68. The second-order valence-corrected chi connectivity index (χ2v) is 8.22. The lowest BCUT2D eigenvalue weighted by molar-refractivity contribution is 0.396. The van der Waals surface area contributed by atoms with Gasteiger partial charge in [0.1, 0.15) is 0 Å². The van der Waals surface area contributed by atoms with Gasteiger partial charge >= 0.3 is 0 Å². The third-order valence-corrected chi connectivity index (χ3v) is 6.55. The lowest BCUT2D eigenvalue weighted by atomic mass is 9.89. The Kier molecular flexibility index (Phi) is 5.35. The number of piperidine rings is 1. The summed E-state index contributed by atoms with van der Waals surface area (Å²) in [4.78, 5) is 11.6. The molecule has 2 aliphatic heterocycles. The minimum Gasteiger partial charge on any atom is -0.742 e. The second-order valence-electron chi connectivity index (χ2n) is 6.40. The van der Waals surface area contributed by atoms with E-state index in [1.807, 2.05) is 29.3 Å². The number of likely N-dealkylation sites (tertiary alicyclic amines) is 1. The van der Waals surface area contributed by atoms with Crippen LogP contribution in [0.2, 0.25) is 5.02 Å². The number of thioether (sulfide) groups is 1. The number of nitrogens with zero attached hydrogens (tertiary/aromatic N) is 4. The number of aliphatic imine (C=N–C) groups is 1. The van der Waals surface area contributed by atoms with Crippen molar-refractivity contribution in [2.45, 2.75) is 23.5 Å². The Morgan fingerprint density at radius 1 is 1.30 bits per heavy atom. The van der Waals surface area contributed by atoms with Crippen molar-refractivity contribution >= 4 is 46.7 Å². The topological polar surface area (TPSA) is 52.3 Å². The molecule has 0 radical (unpaired) electrons. The molecule has 2 aliphatic rings. The SMILES string of the molecule is N#CN=C([S-])N1CCC(=C2c3ccc(Cl)cc3SCc3cccnc32)CC1. The summed E-state index contributed by atoms with van der Waals surface area (Å²) < 4.78 is 0. The number of hydrogen-bond acceptors (Lipinski definition) is 5.